The fourth-order valence-electron chi connectivity index (χ4n) is 4.43. The second kappa shape index (κ2) is 7.28. The standard InChI is InChI=1S/C21H26N6O/c1-14-19(17-7-6-15(12-22)11-18(17)28)23-24-21-20(14)26(3)9-10-27(21)16-5-4-8-25(2)13-16/h6-7,11,16,28H,4-5,8-10,13H2,1-3H3/t16-/m0/s1. The molecule has 1 aromatic heterocycles. The van der Waals surface area contributed by atoms with Crippen LogP contribution in [0.5, 0.6) is 5.75 Å². The molecule has 0 bridgehead atoms. The predicted molar refractivity (Wildman–Crippen MR) is 110 cm³/mol. The highest BCUT2D eigenvalue weighted by molar-refractivity contribution is 5.81. The smallest absolute Gasteiger partial charge is 0.175 e. The van der Waals surface area contributed by atoms with E-state index in [2.05, 4.69) is 39.0 Å². The molecular formula is C21H26N6O. The first-order valence-corrected chi connectivity index (χ1v) is 9.76. The van der Waals surface area contributed by atoms with Crippen molar-refractivity contribution in [3.8, 4) is 23.1 Å². The van der Waals surface area contributed by atoms with Crippen LogP contribution in [-0.2, 0) is 0 Å². The Balaban J connectivity index is 1.76. The van der Waals surface area contributed by atoms with E-state index in [1.54, 1.807) is 12.1 Å². The Morgan fingerprint density at radius 3 is 2.71 bits per heavy atom. The summed E-state index contributed by atoms with van der Waals surface area (Å²) >= 11 is 0. The average Bonchev–Trinajstić information content (AvgIpc) is 2.68. The minimum atomic E-state index is 0.0561. The molecule has 1 N–H and O–H groups in total. The van der Waals surface area contributed by atoms with Gasteiger partial charge in [-0.1, -0.05) is 0 Å². The van der Waals surface area contributed by atoms with Gasteiger partial charge in [0.05, 0.1) is 17.3 Å². The second-order valence-electron chi connectivity index (χ2n) is 7.86. The molecule has 7 nitrogen and oxygen atoms in total. The second-order valence-corrected chi connectivity index (χ2v) is 7.86. The van der Waals surface area contributed by atoms with Crippen LogP contribution in [0.1, 0.15) is 24.0 Å². The van der Waals surface area contributed by atoms with Gasteiger partial charge in [-0.2, -0.15) is 5.26 Å². The third-order valence-corrected chi connectivity index (χ3v) is 5.92. The Hall–Kier alpha value is -2.85. The van der Waals surface area contributed by atoms with E-state index in [1.165, 1.54) is 18.9 Å². The first-order chi connectivity index (χ1) is 13.5. The third kappa shape index (κ3) is 3.14. The lowest BCUT2D eigenvalue weighted by Gasteiger charge is -2.44. The van der Waals surface area contributed by atoms with Crippen LogP contribution in [0.2, 0.25) is 0 Å². The Kier molecular flexibility index (Phi) is 4.82. The number of anilines is 2. The normalized spacial score (nSPS) is 20.0. The van der Waals surface area contributed by atoms with Crippen LogP contribution >= 0.6 is 0 Å². The number of hydrogen-bond acceptors (Lipinski definition) is 7. The van der Waals surface area contributed by atoms with E-state index in [9.17, 15) is 5.11 Å². The molecule has 146 valence electrons. The number of phenols is 1. The Morgan fingerprint density at radius 1 is 1.18 bits per heavy atom. The molecule has 4 rings (SSSR count). The molecule has 7 heteroatoms. The summed E-state index contributed by atoms with van der Waals surface area (Å²) in [5.74, 6) is 0.990. The van der Waals surface area contributed by atoms with Crippen molar-refractivity contribution in [3.05, 3.63) is 29.3 Å². The minimum Gasteiger partial charge on any atom is -0.507 e. The van der Waals surface area contributed by atoms with E-state index >= 15 is 0 Å². The van der Waals surface area contributed by atoms with Gasteiger partial charge in [0, 0.05) is 43.9 Å². The molecule has 3 heterocycles. The van der Waals surface area contributed by atoms with Crippen molar-refractivity contribution < 1.29 is 5.11 Å². The van der Waals surface area contributed by atoms with Crippen LogP contribution in [0.4, 0.5) is 11.5 Å². The number of likely N-dealkylation sites (tertiary alicyclic amines) is 1. The molecule has 0 aliphatic carbocycles. The van der Waals surface area contributed by atoms with Crippen molar-refractivity contribution in [3.63, 3.8) is 0 Å². The number of likely N-dealkylation sites (N-methyl/N-ethyl adjacent to an activating group) is 2. The number of hydrogen-bond donors (Lipinski definition) is 1. The highest BCUT2D eigenvalue weighted by atomic mass is 16.3. The number of aromatic hydroxyl groups is 1. The summed E-state index contributed by atoms with van der Waals surface area (Å²) in [5.41, 5.74) is 3.77. The van der Waals surface area contributed by atoms with Crippen LogP contribution in [-0.4, -0.2) is 66.5 Å². The summed E-state index contributed by atoms with van der Waals surface area (Å²) in [6.07, 6.45) is 2.37. The number of benzene rings is 1. The monoisotopic (exact) mass is 378 g/mol. The Labute approximate surface area is 165 Å². The van der Waals surface area contributed by atoms with Gasteiger partial charge in [-0.3, -0.25) is 0 Å². The number of phenolic OH excluding ortho intramolecular Hbond substituents is 1. The largest absolute Gasteiger partial charge is 0.507 e. The lowest BCUT2D eigenvalue weighted by Crippen LogP contribution is -2.52. The van der Waals surface area contributed by atoms with Gasteiger partial charge >= 0.3 is 0 Å². The van der Waals surface area contributed by atoms with Gasteiger partial charge in [0.25, 0.3) is 0 Å². The molecule has 2 aromatic rings. The SMILES string of the molecule is Cc1c(-c2ccc(C#N)cc2O)nnc2c1N(C)CCN2[C@H]1CCCN(C)C1. The fourth-order valence-corrected chi connectivity index (χ4v) is 4.43. The number of piperidine rings is 1. The Bertz CT molecular complexity index is 937. The maximum atomic E-state index is 10.4. The minimum absolute atomic E-state index is 0.0561. The first kappa shape index (κ1) is 18.5. The summed E-state index contributed by atoms with van der Waals surface area (Å²) in [6.45, 7) is 6.10. The first-order valence-electron chi connectivity index (χ1n) is 9.76. The van der Waals surface area contributed by atoms with E-state index in [0.717, 1.165) is 43.2 Å². The van der Waals surface area contributed by atoms with Crippen molar-refractivity contribution in [1.82, 2.24) is 15.1 Å². The molecule has 1 fully saturated rings. The van der Waals surface area contributed by atoms with Gasteiger partial charge in [0.15, 0.2) is 5.82 Å². The van der Waals surface area contributed by atoms with Crippen molar-refractivity contribution in [2.45, 2.75) is 25.8 Å². The maximum Gasteiger partial charge on any atom is 0.175 e. The summed E-state index contributed by atoms with van der Waals surface area (Å²) in [6, 6.07) is 7.42. The van der Waals surface area contributed by atoms with Crippen LogP contribution in [0, 0.1) is 18.3 Å². The average molecular weight is 378 g/mol. The molecule has 0 radical (unpaired) electrons. The highest BCUT2D eigenvalue weighted by Gasteiger charge is 2.32. The molecule has 0 amide bonds. The lowest BCUT2D eigenvalue weighted by molar-refractivity contribution is 0.243. The zero-order chi connectivity index (χ0) is 19.8. The molecule has 1 saturated heterocycles. The van der Waals surface area contributed by atoms with Crippen molar-refractivity contribution in [2.24, 2.45) is 0 Å². The lowest BCUT2D eigenvalue weighted by atomic mass is 10.00. The van der Waals surface area contributed by atoms with E-state index in [4.69, 9.17) is 5.26 Å². The fraction of sp³-hybridized carbons (Fsp3) is 0.476. The third-order valence-electron chi connectivity index (χ3n) is 5.92. The number of aromatic nitrogens is 2. The van der Waals surface area contributed by atoms with E-state index in [-0.39, 0.29) is 5.75 Å². The van der Waals surface area contributed by atoms with E-state index in [0.29, 0.717) is 22.9 Å². The summed E-state index contributed by atoms with van der Waals surface area (Å²) in [7, 11) is 4.26. The maximum absolute atomic E-state index is 10.4. The number of nitrogens with zero attached hydrogens (tertiary/aromatic N) is 6. The summed E-state index contributed by atoms with van der Waals surface area (Å²) in [5, 5.41) is 28.6. The van der Waals surface area contributed by atoms with Gasteiger partial charge in [0.1, 0.15) is 11.4 Å². The highest BCUT2D eigenvalue weighted by Crippen LogP contribution is 2.40. The van der Waals surface area contributed by atoms with Gasteiger partial charge in [0.2, 0.25) is 0 Å². The van der Waals surface area contributed by atoms with Crippen LogP contribution in [0.25, 0.3) is 11.3 Å². The van der Waals surface area contributed by atoms with Crippen LogP contribution in [0.15, 0.2) is 18.2 Å². The van der Waals surface area contributed by atoms with Gasteiger partial charge in [-0.05, 0) is 51.6 Å². The molecule has 0 saturated carbocycles. The molecule has 1 aromatic carbocycles. The molecule has 0 unspecified atom stereocenters. The van der Waals surface area contributed by atoms with Crippen molar-refractivity contribution >= 4 is 11.5 Å². The number of fused-ring (bicyclic) bond motifs is 1. The predicted octanol–water partition coefficient (Wildman–Crippen LogP) is 2.38. The van der Waals surface area contributed by atoms with Gasteiger partial charge in [-0.15, -0.1) is 10.2 Å². The van der Waals surface area contributed by atoms with E-state index in [1.807, 2.05) is 13.0 Å². The molecule has 1 atom stereocenters. The van der Waals surface area contributed by atoms with Crippen LogP contribution < -0.4 is 9.80 Å². The van der Waals surface area contributed by atoms with Gasteiger partial charge < -0.3 is 19.8 Å². The molecular weight excluding hydrogens is 352 g/mol. The quantitative estimate of drug-likeness (QED) is 0.859. The topological polar surface area (TPSA) is 79.5 Å². The van der Waals surface area contributed by atoms with Crippen molar-refractivity contribution in [2.75, 3.05) is 50.1 Å². The zero-order valence-electron chi connectivity index (χ0n) is 16.7. The summed E-state index contributed by atoms with van der Waals surface area (Å²) < 4.78 is 0. The molecule has 28 heavy (non-hydrogen) atoms. The number of nitriles is 1. The van der Waals surface area contributed by atoms with E-state index < -0.39 is 0 Å². The summed E-state index contributed by atoms with van der Waals surface area (Å²) in [4.78, 5) is 7.02. The molecule has 2 aliphatic rings. The number of rotatable bonds is 2. The van der Waals surface area contributed by atoms with Crippen molar-refractivity contribution in [1.29, 1.82) is 5.26 Å². The van der Waals surface area contributed by atoms with Gasteiger partial charge in [-0.25, -0.2) is 0 Å². The zero-order valence-corrected chi connectivity index (χ0v) is 16.7. The molecule has 0 spiro atoms. The molecule has 2 aliphatic heterocycles. The van der Waals surface area contributed by atoms with Crippen LogP contribution in [0.3, 0.4) is 0 Å². The Morgan fingerprint density at radius 2 is 2.00 bits per heavy atom.